The van der Waals surface area contributed by atoms with Crippen LogP contribution in [-0.2, 0) is 0 Å². The van der Waals surface area contributed by atoms with Crippen LogP contribution in [0.4, 0.5) is 5.69 Å². The van der Waals surface area contributed by atoms with E-state index in [2.05, 4.69) is 42.1 Å². The van der Waals surface area contributed by atoms with Gasteiger partial charge < -0.3 is 4.90 Å². The van der Waals surface area contributed by atoms with E-state index in [1.165, 1.54) is 10.6 Å². The Hall–Kier alpha value is -0.720. The summed E-state index contributed by atoms with van der Waals surface area (Å²) in [5.74, 6) is 3.44. The highest BCUT2D eigenvalue weighted by atomic mass is 32.2. The maximum absolute atomic E-state index is 5.26. The molecule has 1 heterocycles. The van der Waals surface area contributed by atoms with E-state index in [1.807, 2.05) is 11.8 Å². The summed E-state index contributed by atoms with van der Waals surface area (Å²) in [4.78, 5) is 3.63. The smallest absolute Gasteiger partial charge is 0.127 e. The Bertz CT molecular complexity index is 370. The number of thioether (sulfide) groups is 2. The number of benzene rings is 1. The second-order valence-electron chi connectivity index (χ2n) is 3.02. The van der Waals surface area contributed by atoms with Gasteiger partial charge in [-0.3, -0.25) is 0 Å². The van der Waals surface area contributed by atoms with E-state index in [0.717, 1.165) is 5.75 Å². The minimum absolute atomic E-state index is 0.434. The maximum Gasteiger partial charge on any atom is 0.127 e. The van der Waals surface area contributed by atoms with E-state index in [4.69, 9.17) is 6.42 Å². The minimum Gasteiger partial charge on any atom is -0.353 e. The highest BCUT2D eigenvalue weighted by Crippen LogP contribution is 2.46. The molecule has 1 aliphatic rings. The number of fused-ring (bicyclic) bond motifs is 1. The molecule has 0 saturated heterocycles. The summed E-state index contributed by atoms with van der Waals surface area (Å²) >= 11 is 3.68. The molecule has 0 amide bonds. The van der Waals surface area contributed by atoms with Gasteiger partial charge in [-0.25, -0.2) is 0 Å². The third-order valence-corrected chi connectivity index (χ3v) is 4.85. The van der Waals surface area contributed by atoms with Gasteiger partial charge in [0.15, 0.2) is 0 Å². The SMILES string of the molecule is C#CCSC1Sc2ccccc2N1C. The van der Waals surface area contributed by atoms with Crippen molar-refractivity contribution in [3.05, 3.63) is 24.3 Å². The zero-order valence-electron chi connectivity index (χ0n) is 7.93. The quantitative estimate of drug-likeness (QED) is 0.707. The third kappa shape index (κ3) is 1.73. The summed E-state index contributed by atoms with van der Waals surface area (Å²) in [6, 6.07) is 8.46. The normalized spacial score (nSPS) is 19.1. The van der Waals surface area contributed by atoms with Crippen LogP contribution in [0.25, 0.3) is 0 Å². The van der Waals surface area contributed by atoms with Gasteiger partial charge in [0, 0.05) is 11.9 Å². The van der Waals surface area contributed by atoms with E-state index in [9.17, 15) is 0 Å². The van der Waals surface area contributed by atoms with Crippen molar-refractivity contribution in [1.29, 1.82) is 0 Å². The Morgan fingerprint density at radius 2 is 2.36 bits per heavy atom. The zero-order valence-corrected chi connectivity index (χ0v) is 9.57. The number of nitrogens with zero attached hydrogens (tertiary/aromatic N) is 1. The van der Waals surface area contributed by atoms with Crippen molar-refractivity contribution in [1.82, 2.24) is 0 Å². The number of terminal acetylenes is 1. The lowest BCUT2D eigenvalue weighted by Crippen LogP contribution is -2.21. The fraction of sp³-hybridized carbons (Fsp3) is 0.273. The van der Waals surface area contributed by atoms with Crippen LogP contribution in [0.15, 0.2) is 29.2 Å². The van der Waals surface area contributed by atoms with Crippen molar-refractivity contribution in [3.8, 4) is 12.3 Å². The highest BCUT2D eigenvalue weighted by Gasteiger charge is 2.26. The molecule has 0 N–H and O–H groups in total. The predicted molar refractivity (Wildman–Crippen MR) is 65.8 cm³/mol. The Morgan fingerprint density at radius 3 is 3.07 bits per heavy atom. The molecule has 0 fully saturated rings. The predicted octanol–water partition coefficient (Wildman–Crippen LogP) is 2.88. The first-order chi connectivity index (χ1) is 6.83. The van der Waals surface area contributed by atoms with Crippen LogP contribution in [0.1, 0.15) is 0 Å². The first-order valence-corrected chi connectivity index (χ1v) is 6.29. The van der Waals surface area contributed by atoms with Gasteiger partial charge in [-0.2, -0.15) is 0 Å². The summed E-state index contributed by atoms with van der Waals surface area (Å²) in [6.07, 6.45) is 5.26. The van der Waals surface area contributed by atoms with E-state index in [1.54, 1.807) is 11.8 Å². The molecule has 3 heteroatoms. The molecule has 2 rings (SSSR count). The fourth-order valence-corrected chi connectivity index (χ4v) is 3.76. The molecule has 1 nitrogen and oxygen atoms in total. The van der Waals surface area contributed by atoms with Gasteiger partial charge in [0.1, 0.15) is 4.71 Å². The van der Waals surface area contributed by atoms with Crippen LogP contribution < -0.4 is 4.90 Å². The third-order valence-electron chi connectivity index (χ3n) is 2.10. The molecule has 14 heavy (non-hydrogen) atoms. The van der Waals surface area contributed by atoms with E-state index in [-0.39, 0.29) is 0 Å². The molecular weight excluding hydrogens is 210 g/mol. The molecule has 1 atom stereocenters. The lowest BCUT2D eigenvalue weighted by molar-refractivity contribution is 1.06. The number of para-hydroxylation sites is 1. The Kier molecular flexibility index (Phi) is 2.95. The molecule has 72 valence electrons. The number of rotatable bonds is 2. The summed E-state index contributed by atoms with van der Waals surface area (Å²) in [7, 11) is 2.12. The van der Waals surface area contributed by atoms with Gasteiger partial charge in [0.05, 0.1) is 11.4 Å². The molecule has 0 spiro atoms. The van der Waals surface area contributed by atoms with Crippen LogP contribution in [0.3, 0.4) is 0 Å². The topological polar surface area (TPSA) is 3.24 Å². The molecule has 0 aliphatic carbocycles. The Morgan fingerprint density at radius 1 is 1.57 bits per heavy atom. The largest absolute Gasteiger partial charge is 0.353 e. The number of hydrogen-bond acceptors (Lipinski definition) is 3. The molecular formula is C11H11NS2. The maximum atomic E-state index is 5.26. The standard InChI is InChI=1S/C11H11NS2/c1-3-8-13-11-12(2)9-6-4-5-7-10(9)14-11/h1,4-7,11H,8H2,2H3. The van der Waals surface area contributed by atoms with Crippen molar-refractivity contribution in [2.24, 2.45) is 0 Å². The molecule has 1 aromatic rings. The monoisotopic (exact) mass is 221 g/mol. The van der Waals surface area contributed by atoms with Gasteiger partial charge in [-0.15, -0.1) is 18.2 Å². The minimum atomic E-state index is 0.434. The molecule has 1 aromatic carbocycles. The van der Waals surface area contributed by atoms with Crippen LogP contribution in [0.5, 0.6) is 0 Å². The Balaban J connectivity index is 2.14. The van der Waals surface area contributed by atoms with Crippen molar-refractivity contribution >= 4 is 29.2 Å². The Labute approximate surface area is 93.3 Å². The summed E-state index contributed by atoms with van der Waals surface area (Å²) in [6.45, 7) is 0. The van der Waals surface area contributed by atoms with Gasteiger partial charge in [0.25, 0.3) is 0 Å². The van der Waals surface area contributed by atoms with Gasteiger partial charge in [-0.1, -0.05) is 29.8 Å². The molecule has 0 bridgehead atoms. The second kappa shape index (κ2) is 4.20. The van der Waals surface area contributed by atoms with Crippen molar-refractivity contribution in [2.45, 2.75) is 9.60 Å². The van der Waals surface area contributed by atoms with Crippen molar-refractivity contribution in [3.63, 3.8) is 0 Å². The van der Waals surface area contributed by atoms with Gasteiger partial charge >= 0.3 is 0 Å². The van der Waals surface area contributed by atoms with Crippen LogP contribution in [-0.4, -0.2) is 17.5 Å². The van der Waals surface area contributed by atoms with Crippen LogP contribution in [0, 0.1) is 12.3 Å². The van der Waals surface area contributed by atoms with Crippen LogP contribution >= 0.6 is 23.5 Å². The number of anilines is 1. The van der Waals surface area contributed by atoms with Crippen molar-refractivity contribution in [2.75, 3.05) is 17.7 Å². The van der Waals surface area contributed by atoms with Crippen molar-refractivity contribution < 1.29 is 0 Å². The van der Waals surface area contributed by atoms with E-state index in [0.29, 0.717) is 4.71 Å². The summed E-state index contributed by atoms with van der Waals surface area (Å²) < 4.78 is 0.434. The van der Waals surface area contributed by atoms with Gasteiger partial charge in [-0.05, 0) is 12.1 Å². The lowest BCUT2D eigenvalue weighted by Gasteiger charge is -2.19. The van der Waals surface area contributed by atoms with E-state index < -0.39 is 0 Å². The number of hydrogen-bond donors (Lipinski definition) is 0. The first-order valence-electron chi connectivity index (χ1n) is 4.36. The average molecular weight is 221 g/mol. The molecule has 0 saturated carbocycles. The van der Waals surface area contributed by atoms with Gasteiger partial charge in [0.2, 0.25) is 0 Å². The summed E-state index contributed by atoms with van der Waals surface area (Å²) in [5, 5.41) is 0. The molecule has 1 unspecified atom stereocenters. The highest BCUT2D eigenvalue weighted by molar-refractivity contribution is 8.17. The molecule has 0 aromatic heterocycles. The fourth-order valence-electron chi connectivity index (χ4n) is 1.41. The lowest BCUT2D eigenvalue weighted by atomic mass is 10.3. The van der Waals surface area contributed by atoms with E-state index >= 15 is 0 Å². The zero-order chi connectivity index (χ0) is 9.97. The molecule has 0 radical (unpaired) electrons. The summed E-state index contributed by atoms with van der Waals surface area (Å²) in [5.41, 5.74) is 1.31. The second-order valence-corrected chi connectivity index (χ2v) is 5.51. The molecule has 1 aliphatic heterocycles. The van der Waals surface area contributed by atoms with Crippen LogP contribution in [0.2, 0.25) is 0 Å². The average Bonchev–Trinajstić information content (AvgIpc) is 2.54. The first kappa shape index (κ1) is 9.82.